The molecule has 2 unspecified atom stereocenters. The molecule has 41 heavy (non-hydrogen) atoms. The van der Waals surface area contributed by atoms with Gasteiger partial charge in [0.05, 0.1) is 29.7 Å². The van der Waals surface area contributed by atoms with Crippen molar-refractivity contribution in [3.05, 3.63) is 42.6 Å². The average Bonchev–Trinajstić information content (AvgIpc) is 3.45. The van der Waals surface area contributed by atoms with Crippen LogP contribution in [0.4, 0.5) is 37.8 Å². The summed E-state index contributed by atoms with van der Waals surface area (Å²) in [6.07, 6.45) is -5.03. The number of amides is 1. The largest absolute Gasteiger partial charge is 0.490 e. The Morgan fingerprint density at radius 1 is 1.00 bits per heavy atom. The van der Waals surface area contributed by atoms with Crippen molar-refractivity contribution in [2.24, 2.45) is 0 Å². The van der Waals surface area contributed by atoms with Gasteiger partial charge in [0.15, 0.2) is 0 Å². The van der Waals surface area contributed by atoms with Crippen LogP contribution >= 0.6 is 0 Å². The Labute approximate surface area is 225 Å². The van der Waals surface area contributed by atoms with Crippen LogP contribution in [-0.2, 0) is 14.4 Å². The van der Waals surface area contributed by atoms with Gasteiger partial charge in [0.2, 0.25) is 5.91 Å². The van der Waals surface area contributed by atoms with E-state index >= 15 is 0 Å². The maximum atomic E-state index is 12.0. The van der Waals surface area contributed by atoms with Gasteiger partial charge >= 0.3 is 24.3 Å². The molecular weight excluding hydrogens is 570 g/mol. The van der Waals surface area contributed by atoms with Gasteiger partial charge in [-0.2, -0.15) is 26.3 Å². The number of aliphatic hydroxyl groups excluding tert-OH is 1. The van der Waals surface area contributed by atoms with Gasteiger partial charge in [0, 0.05) is 43.4 Å². The van der Waals surface area contributed by atoms with Crippen molar-refractivity contribution in [2.45, 2.75) is 37.8 Å². The number of aromatic amines is 1. The molecule has 5 N–H and O–H groups in total. The third-order valence-electron chi connectivity index (χ3n) is 5.61. The molecule has 220 valence electrons. The van der Waals surface area contributed by atoms with E-state index in [2.05, 4.69) is 20.3 Å². The number of hydrogen-bond acceptors (Lipinski definition) is 8. The lowest BCUT2D eigenvalue weighted by molar-refractivity contribution is -0.193. The number of likely N-dealkylation sites (tertiary alicyclic amines) is 1. The van der Waals surface area contributed by atoms with E-state index in [0.717, 1.165) is 28.2 Å². The van der Waals surface area contributed by atoms with E-state index in [1.165, 1.54) is 6.92 Å². The van der Waals surface area contributed by atoms with Crippen LogP contribution in [0.1, 0.15) is 25.2 Å². The number of hydrogen-bond donors (Lipinski definition) is 5. The summed E-state index contributed by atoms with van der Waals surface area (Å²) >= 11 is 0. The molecule has 5 rings (SSSR count). The van der Waals surface area contributed by atoms with Gasteiger partial charge in [-0.1, -0.05) is 0 Å². The van der Waals surface area contributed by atoms with Gasteiger partial charge < -0.3 is 30.5 Å². The molecule has 3 aromatic rings. The summed E-state index contributed by atoms with van der Waals surface area (Å²) in [6, 6.07) is 5.47. The summed E-state index contributed by atoms with van der Waals surface area (Å²) < 4.78 is 63.5. The highest BCUT2D eigenvalue weighted by molar-refractivity contribution is 5.94. The molecule has 12 nitrogen and oxygen atoms in total. The number of carboxylic acids is 2. The van der Waals surface area contributed by atoms with Crippen molar-refractivity contribution in [2.75, 3.05) is 11.9 Å². The van der Waals surface area contributed by atoms with E-state index in [4.69, 9.17) is 24.8 Å². The van der Waals surface area contributed by atoms with Crippen molar-refractivity contribution < 1.29 is 56.0 Å². The zero-order chi connectivity index (χ0) is 30.7. The lowest BCUT2D eigenvalue weighted by atomic mass is 10.1. The van der Waals surface area contributed by atoms with Crippen LogP contribution in [0.3, 0.4) is 0 Å². The van der Waals surface area contributed by atoms with Crippen LogP contribution in [0.25, 0.3) is 22.5 Å². The second kappa shape index (κ2) is 11.8. The number of pyridine rings is 2. The third-order valence-corrected chi connectivity index (χ3v) is 5.61. The monoisotopic (exact) mass is 590 g/mol. The second-order valence-corrected chi connectivity index (χ2v) is 8.47. The number of carbonyl (C=O) groups excluding carboxylic acids is 1. The van der Waals surface area contributed by atoms with Crippen LogP contribution < -0.4 is 5.32 Å². The van der Waals surface area contributed by atoms with Gasteiger partial charge in [0.1, 0.15) is 17.3 Å². The first-order valence-corrected chi connectivity index (χ1v) is 11.3. The second-order valence-electron chi connectivity index (χ2n) is 8.47. The molecular formula is C23H20F6N6O6. The number of fused-ring (bicyclic) bond motifs is 5. The number of nitrogens with zero attached hydrogens (tertiary/aromatic N) is 4. The molecule has 2 atom stereocenters. The van der Waals surface area contributed by atoms with Gasteiger partial charge in [0.25, 0.3) is 0 Å². The maximum Gasteiger partial charge on any atom is 0.490 e. The predicted octanol–water partition coefficient (Wildman–Crippen LogP) is 3.51. The van der Waals surface area contributed by atoms with E-state index in [1.54, 1.807) is 23.5 Å². The molecule has 18 heteroatoms. The first kappa shape index (κ1) is 30.8. The minimum atomic E-state index is -5.08. The van der Waals surface area contributed by atoms with Gasteiger partial charge in [-0.3, -0.25) is 9.78 Å². The quantitative estimate of drug-likeness (QED) is 0.206. The van der Waals surface area contributed by atoms with Crippen LogP contribution in [0.2, 0.25) is 0 Å². The highest BCUT2D eigenvalue weighted by Gasteiger charge is 2.39. The van der Waals surface area contributed by atoms with Crippen LogP contribution in [0.15, 0.2) is 36.8 Å². The molecule has 2 aliphatic rings. The number of alkyl halides is 6. The molecule has 2 aliphatic heterocycles. The van der Waals surface area contributed by atoms with Crippen LogP contribution in [0.5, 0.6) is 0 Å². The highest BCUT2D eigenvalue weighted by atomic mass is 19.4. The summed E-state index contributed by atoms with van der Waals surface area (Å²) in [4.78, 5) is 48.4. The number of anilines is 2. The summed E-state index contributed by atoms with van der Waals surface area (Å²) in [5, 5.41) is 27.7. The Morgan fingerprint density at radius 3 is 2.17 bits per heavy atom. The van der Waals surface area contributed by atoms with Crippen LogP contribution in [-0.4, -0.2) is 83.0 Å². The lowest BCUT2D eigenvalue weighted by Crippen LogP contribution is -2.29. The van der Waals surface area contributed by atoms with Crippen molar-refractivity contribution in [1.82, 2.24) is 24.8 Å². The number of β-amino-alcohol motifs (C(OH)–C–C–N with tert-alkyl or cyclic N) is 1. The molecule has 0 bridgehead atoms. The zero-order valence-corrected chi connectivity index (χ0v) is 20.7. The highest BCUT2D eigenvalue weighted by Crippen LogP contribution is 2.43. The van der Waals surface area contributed by atoms with Crippen molar-refractivity contribution in [3.8, 4) is 22.5 Å². The molecule has 0 aliphatic carbocycles. The molecule has 5 heterocycles. The van der Waals surface area contributed by atoms with E-state index in [9.17, 15) is 36.2 Å². The average molecular weight is 590 g/mol. The minimum absolute atomic E-state index is 0.0727. The normalized spacial score (nSPS) is 17.2. The fourth-order valence-corrected chi connectivity index (χ4v) is 3.90. The summed E-state index contributed by atoms with van der Waals surface area (Å²) in [5.74, 6) is -4.21. The van der Waals surface area contributed by atoms with Gasteiger partial charge in [-0.15, -0.1) is 0 Å². The Bertz CT molecular complexity index is 1360. The molecule has 0 aromatic carbocycles. The zero-order valence-electron chi connectivity index (χ0n) is 20.7. The Hall–Kier alpha value is -4.74. The number of carboxylic acid groups (broad SMARTS) is 2. The number of halogens is 6. The Kier molecular flexibility index (Phi) is 8.85. The molecule has 0 spiro atoms. The van der Waals surface area contributed by atoms with Crippen molar-refractivity contribution in [1.29, 1.82) is 0 Å². The van der Waals surface area contributed by atoms with E-state index in [1.807, 2.05) is 18.2 Å². The summed E-state index contributed by atoms with van der Waals surface area (Å²) in [5.41, 5.74) is 4.27. The molecule has 3 aromatic heterocycles. The Morgan fingerprint density at radius 2 is 1.61 bits per heavy atom. The van der Waals surface area contributed by atoms with E-state index in [0.29, 0.717) is 24.6 Å². The first-order chi connectivity index (χ1) is 19.0. The Balaban J connectivity index is 0.000000276. The number of aliphatic hydroxyl groups is 1. The number of rotatable bonds is 1. The SMILES string of the molecule is CC(=O)N1CC(O)CC1c1nc2c([nH]1)-c1ccncc1Nc1ncccc1-2.O=C(O)C(F)(F)F.O=C(O)C(F)(F)F. The smallest absolute Gasteiger partial charge is 0.475 e. The third kappa shape index (κ3) is 7.27. The van der Waals surface area contributed by atoms with Gasteiger partial charge in [-0.05, 0) is 18.2 Å². The van der Waals surface area contributed by atoms with Crippen molar-refractivity contribution in [3.63, 3.8) is 0 Å². The first-order valence-electron chi connectivity index (χ1n) is 11.3. The standard InChI is InChI=1S/C19H18N6O2.2C2HF3O2/c1-10(26)25-9-11(27)7-15(25)19-23-16-12-4-6-20-8-14(12)22-18-13(17(16)24-19)3-2-5-21-18;2*3-2(4,5)1(6)7/h2-6,8,11,15,27H,7,9H2,1H3,(H,21,22)(H,23,24);2*(H,6,7). The number of aromatic nitrogens is 4. The molecule has 1 fully saturated rings. The van der Waals surface area contributed by atoms with Gasteiger partial charge in [-0.25, -0.2) is 19.6 Å². The van der Waals surface area contributed by atoms with E-state index < -0.39 is 30.4 Å². The molecule has 0 radical (unpaired) electrons. The van der Waals surface area contributed by atoms with E-state index in [-0.39, 0.29) is 11.9 Å². The lowest BCUT2D eigenvalue weighted by Gasteiger charge is -2.21. The molecule has 1 amide bonds. The maximum absolute atomic E-state index is 12.0. The molecule has 1 saturated heterocycles. The number of imidazole rings is 1. The van der Waals surface area contributed by atoms with Crippen LogP contribution in [0, 0.1) is 0 Å². The fourth-order valence-electron chi connectivity index (χ4n) is 3.90. The fraction of sp³-hybridized carbons (Fsp3) is 0.304. The van der Waals surface area contributed by atoms with Crippen molar-refractivity contribution >= 4 is 29.4 Å². The number of H-pyrrole nitrogens is 1. The predicted molar refractivity (Wildman–Crippen MR) is 126 cm³/mol. The number of carbonyl (C=O) groups is 3. The topological polar surface area (TPSA) is 182 Å². The minimum Gasteiger partial charge on any atom is -0.475 e. The number of aliphatic carboxylic acids is 2. The summed E-state index contributed by atoms with van der Waals surface area (Å²) in [7, 11) is 0. The molecule has 0 saturated carbocycles. The number of nitrogens with one attached hydrogen (secondary N) is 2. The summed E-state index contributed by atoms with van der Waals surface area (Å²) in [6.45, 7) is 1.84.